The maximum atomic E-state index is 12.7. The Kier molecular flexibility index (Phi) is 4.29. The summed E-state index contributed by atoms with van der Waals surface area (Å²) in [7, 11) is 3.00. The summed E-state index contributed by atoms with van der Waals surface area (Å²) in [4.78, 5) is 43.2. The second-order valence-electron chi connectivity index (χ2n) is 6.40. The Balaban J connectivity index is 1.98. The number of carbonyl (C=O) groups is 1. The molecule has 1 atom stereocenters. The minimum absolute atomic E-state index is 0.00300. The highest BCUT2D eigenvalue weighted by Gasteiger charge is 2.26. The molecule has 1 fully saturated rings. The molecule has 1 amide bonds. The summed E-state index contributed by atoms with van der Waals surface area (Å²) in [6.45, 7) is 2.93. The number of hydrogen-bond donors (Lipinski definition) is 0. The number of rotatable bonds is 3. The molecule has 1 saturated heterocycles. The van der Waals surface area contributed by atoms with Gasteiger partial charge in [-0.15, -0.1) is 0 Å². The largest absolute Gasteiger partial charge is 0.338 e. The topological polar surface area (TPSA) is 82.1 Å². The maximum Gasteiger partial charge on any atom is 0.332 e. The summed E-state index contributed by atoms with van der Waals surface area (Å²) in [5.41, 5.74) is -0.255. The molecule has 2 aromatic rings. The van der Waals surface area contributed by atoms with Crippen LogP contribution in [0, 0.1) is 0 Å². The molecular formula is C16H23N5O3. The van der Waals surface area contributed by atoms with Crippen molar-refractivity contribution in [3.63, 3.8) is 0 Å². The van der Waals surface area contributed by atoms with E-state index in [-0.39, 0.29) is 24.0 Å². The number of fused-ring (bicyclic) bond motifs is 1. The van der Waals surface area contributed by atoms with Crippen LogP contribution >= 0.6 is 0 Å². The first-order valence-corrected chi connectivity index (χ1v) is 8.36. The number of nitrogens with zero attached hydrogens (tertiary/aromatic N) is 5. The van der Waals surface area contributed by atoms with Crippen molar-refractivity contribution >= 4 is 17.1 Å². The summed E-state index contributed by atoms with van der Waals surface area (Å²) >= 11 is 0. The lowest BCUT2D eigenvalue weighted by Crippen LogP contribution is -2.45. The highest BCUT2D eigenvalue weighted by Crippen LogP contribution is 2.20. The summed E-state index contributed by atoms with van der Waals surface area (Å²) in [6.07, 6.45) is 5.60. The van der Waals surface area contributed by atoms with Crippen LogP contribution in [0.25, 0.3) is 11.2 Å². The maximum absolute atomic E-state index is 12.7. The number of carbonyl (C=O) groups excluding carboxylic acids is 1. The van der Waals surface area contributed by atoms with Gasteiger partial charge in [0, 0.05) is 26.7 Å². The zero-order valence-electron chi connectivity index (χ0n) is 14.4. The monoisotopic (exact) mass is 333 g/mol. The van der Waals surface area contributed by atoms with Crippen LogP contribution in [0.3, 0.4) is 0 Å². The van der Waals surface area contributed by atoms with E-state index in [1.54, 1.807) is 11.6 Å². The number of piperidine rings is 1. The Labute approximate surface area is 139 Å². The van der Waals surface area contributed by atoms with Crippen LogP contribution in [0.1, 0.15) is 32.6 Å². The first-order valence-electron chi connectivity index (χ1n) is 8.36. The number of imidazole rings is 1. The molecule has 0 N–H and O–H groups in total. The van der Waals surface area contributed by atoms with Crippen molar-refractivity contribution in [1.29, 1.82) is 0 Å². The zero-order valence-corrected chi connectivity index (χ0v) is 14.4. The molecule has 3 rings (SSSR count). The van der Waals surface area contributed by atoms with E-state index in [4.69, 9.17) is 0 Å². The third-order valence-corrected chi connectivity index (χ3v) is 4.94. The SMILES string of the molecule is CC[C@H]1CCCCN1C(=O)Cn1cnc2c1c(=O)n(C)c(=O)n2C. The van der Waals surface area contributed by atoms with E-state index in [0.717, 1.165) is 36.8 Å². The first kappa shape index (κ1) is 16.5. The number of likely N-dealkylation sites (tertiary alicyclic amines) is 1. The predicted octanol–water partition coefficient (Wildman–Crippen LogP) is 0.225. The predicted molar refractivity (Wildman–Crippen MR) is 89.9 cm³/mol. The molecule has 1 aliphatic heterocycles. The lowest BCUT2D eigenvalue weighted by atomic mass is 10.00. The van der Waals surface area contributed by atoms with E-state index in [0.29, 0.717) is 5.65 Å². The minimum atomic E-state index is -0.427. The third kappa shape index (κ3) is 2.55. The third-order valence-electron chi connectivity index (χ3n) is 4.94. The Morgan fingerprint density at radius 3 is 2.71 bits per heavy atom. The number of amides is 1. The van der Waals surface area contributed by atoms with Crippen molar-refractivity contribution in [1.82, 2.24) is 23.6 Å². The van der Waals surface area contributed by atoms with E-state index in [1.807, 2.05) is 4.90 Å². The Morgan fingerprint density at radius 2 is 2.00 bits per heavy atom. The molecule has 8 nitrogen and oxygen atoms in total. The average molecular weight is 333 g/mol. The standard InChI is InChI=1S/C16H23N5O3/c1-4-11-7-5-6-8-21(11)12(22)9-20-10-17-14-13(20)15(23)19(3)16(24)18(14)2/h10-11H,4-9H2,1-3H3/t11-/m0/s1. The van der Waals surface area contributed by atoms with Crippen LogP contribution in [-0.4, -0.2) is 42.1 Å². The van der Waals surface area contributed by atoms with Gasteiger partial charge in [-0.1, -0.05) is 6.92 Å². The van der Waals surface area contributed by atoms with Gasteiger partial charge in [0.25, 0.3) is 5.56 Å². The van der Waals surface area contributed by atoms with E-state index in [2.05, 4.69) is 11.9 Å². The second kappa shape index (κ2) is 6.26. The van der Waals surface area contributed by atoms with Gasteiger partial charge in [-0.25, -0.2) is 9.78 Å². The number of aryl methyl sites for hydroxylation is 1. The summed E-state index contributed by atoms with van der Waals surface area (Å²) in [6, 6.07) is 0.272. The highest BCUT2D eigenvalue weighted by atomic mass is 16.2. The molecular weight excluding hydrogens is 310 g/mol. The molecule has 8 heteroatoms. The van der Waals surface area contributed by atoms with Gasteiger partial charge in [-0.2, -0.15) is 0 Å². The fourth-order valence-electron chi connectivity index (χ4n) is 3.51. The van der Waals surface area contributed by atoms with Gasteiger partial charge in [0.1, 0.15) is 6.54 Å². The summed E-state index contributed by atoms with van der Waals surface area (Å²) in [5, 5.41) is 0. The van der Waals surface area contributed by atoms with Crippen LogP contribution in [0.2, 0.25) is 0 Å². The van der Waals surface area contributed by atoms with Gasteiger partial charge in [-0.05, 0) is 25.7 Å². The molecule has 0 unspecified atom stereocenters. The van der Waals surface area contributed by atoms with Crippen LogP contribution in [-0.2, 0) is 25.4 Å². The van der Waals surface area contributed by atoms with Crippen LogP contribution in [0.15, 0.2) is 15.9 Å². The van der Waals surface area contributed by atoms with Crippen LogP contribution in [0.5, 0.6) is 0 Å². The van der Waals surface area contributed by atoms with Gasteiger partial charge in [0.05, 0.1) is 6.33 Å². The van der Waals surface area contributed by atoms with Crippen LogP contribution in [0.4, 0.5) is 0 Å². The molecule has 130 valence electrons. The summed E-state index contributed by atoms with van der Waals surface area (Å²) < 4.78 is 3.93. The number of hydrogen-bond acceptors (Lipinski definition) is 4. The molecule has 0 radical (unpaired) electrons. The lowest BCUT2D eigenvalue weighted by molar-refractivity contribution is -0.135. The molecule has 1 aliphatic rings. The van der Waals surface area contributed by atoms with Crippen molar-refractivity contribution in [3.8, 4) is 0 Å². The van der Waals surface area contributed by atoms with Crippen LogP contribution < -0.4 is 11.2 Å². The van der Waals surface area contributed by atoms with Gasteiger partial charge < -0.3 is 9.47 Å². The molecule has 0 bridgehead atoms. The summed E-state index contributed by atoms with van der Waals surface area (Å²) in [5.74, 6) is -0.00300. The minimum Gasteiger partial charge on any atom is -0.338 e. The van der Waals surface area contributed by atoms with Gasteiger partial charge in [0.2, 0.25) is 5.91 Å². The average Bonchev–Trinajstić information content (AvgIpc) is 3.01. The van der Waals surface area contributed by atoms with E-state index >= 15 is 0 Å². The van der Waals surface area contributed by atoms with Gasteiger partial charge in [0.15, 0.2) is 11.2 Å². The lowest BCUT2D eigenvalue weighted by Gasteiger charge is -2.35. The van der Waals surface area contributed by atoms with Crippen molar-refractivity contribution in [3.05, 3.63) is 27.2 Å². The van der Waals surface area contributed by atoms with E-state index in [1.165, 1.54) is 17.9 Å². The van der Waals surface area contributed by atoms with Crippen molar-refractivity contribution < 1.29 is 4.79 Å². The fourth-order valence-corrected chi connectivity index (χ4v) is 3.51. The molecule has 24 heavy (non-hydrogen) atoms. The normalized spacial score (nSPS) is 18.3. The van der Waals surface area contributed by atoms with Crippen molar-refractivity contribution in [2.24, 2.45) is 14.1 Å². The molecule has 0 spiro atoms. The van der Waals surface area contributed by atoms with Gasteiger partial charge >= 0.3 is 5.69 Å². The zero-order chi connectivity index (χ0) is 17.4. The Hall–Kier alpha value is -2.38. The molecule has 0 aliphatic carbocycles. The highest BCUT2D eigenvalue weighted by molar-refractivity contribution is 5.79. The molecule has 0 aromatic carbocycles. The smallest absolute Gasteiger partial charge is 0.332 e. The Bertz CT molecular complexity index is 891. The quantitative estimate of drug-likeness (QED) is 0.805. The molecule has 0 saturated carbocycles. The Morgan fingerprint density at radius 1 is 1.25 bits per heavy atom. The fraction of sp³-hybridized carbons (Fsp3) is 0.625. The van der Waals surface area contributed by atoms with Gasteiger partial charge in [-0.3, -0.25) is 18.7 Å². The van der Waals surface area contributed by atoms with Crippen molar-refractivity contribution in [2.75, 3.05) is 6.54 Å². The molecule has 3 heterocycles. The number of aromatic nitrogens is 4. The van der Waals surface area contributed by atoms with E-state index in [9.17, 15) is 14.4 Å². The van der Waals surface area contributed by atoms with E-state index < -0.39 is 11.2 Å². The first-order chi connectivity index (χ1) is 11.5. The van der Waals surface area contributed by atoms with Crippen molar-refractivity contribution in [2.45, 2.75) is 45.2 Å². The second-order valence-corrected chi connectivity index (χ2v) is 6.40. The molecule has 2 aromatic heterocycles.